The number of aryl methyl sites for hydroxylation is 2. The molecule has 0 aliphatic carbocycles. The summed E-state index contributed by atoms with van der Waals surface area (Å²) in [6, 6.07) is 16.8. The number of benzene rings is 2. The van der Waals surface area contributed by atoms with Gasteiger partial charge in [0.1, 0.15) is 0 Å². The molecule has 0 amide bonds. The van der Waals surface area contributed by atoms with E-state index in [1.165, 1.54) is 11.1 Å². The average molecular weight is 237 g/mol. The number of nitrogen functional groups attached to an aromatic ring is 1. The SMILES string of the molecule is Nc1n[nH]c2cc(CCc3ccccc3)ccc12. The third-order valence-corrected chi connectivity index (χ3v) is 3.20. The Hall–Kier alpha value is -2.29. The van der Waals surface area contributed by atoms with Crippen molar-refractivity contribution >= 4 is 16.7 Å². The van der Waals surface area contributed by atoms with Crippen LogP contribution in [0.1, 0.15) is 11.1 Å². The number of nitrogens with two attached hydrogens (primary N) is 1. The second kappa shape index (κ2) is 4.53. The molecule has 1 aromatic heterocycles. The van der Waals surface area contributed by atoms with Gasteiger partial charge in [0.15, 0.2) is 5.82 Å². The summed E-state index contributed by atoms with van der Waals surface area (Å²) in [5, 5.41) is 7.96. The molecule has 0 aliphatic rings. The van der Waals surface area contributed by atoms with Crippen LogP contribution >= 0.6 is 0 Å². The molecule has 0 saturated carbocycles. The number of aromatic nitrogens is 2. The molecule has 3 heteroatoms. The van der Waals surface area contributed by atoms with E-state index in [-0.39, 0.29) is 0 Å². The van der Waals surface area contributed by atoms with Gasteiger partial charge in [0.25, 0.3) is 0 Å². The molecule has 0 aliphatic heterocycles. The zero-order valence-electron chi connectivity index (χ0n) is 10.1. The fraction of sp³-hybridized carbons (Fsp3) is 0.133. The van der Waals surface area contributed by atoms with Crippen LogP contribution in [-0.4, -0.2) is 10.2 Å². The summed E-state index contributed by atoms with van der Waals surface area (Å²) in [4.78, 5) is 0. The number of hydrogen-bond acceptors (Lipinski definition) is 2. The van der Waals surface area contributed by atoms with Crippen molar-refractivity contribution in [2.75, 3.05) is 5.73 Å². The second-order valence-electron chi connectivity index (χ2n) is 4.47. The molecule has 3 N–H and O–H groups in total. The van der Waals surface area contributed by atoms with Gasteiger partial charge in [-0.1, -0.05) is 36.4 Å². The van der Waals surface area contributed by atoms with E-state index in [4.69, 9.17) is 5.73 Å². The first-order chi connectivity index (χ1) is 8.83. The monoisotopic (exact) mass is 237 g/mol. The maximum Gasteiger partial charge on any atom is 0.153 e. The second-order valence-corrected chi connectivity index (χ2v) is 4.47. The lowest BCUT2D eigenvalue weighted by atomic mass is 10.0. The molecule has 18 heavy (non-hydrogen) atoms. The molecular weight excluding hydrogens is 222 g/mol. The lowest BCUT2D eigenvalue weighted by Gasteiger charge is -2.02. The van der Waals surface area contributed by atoms with Gasteiger partial charge in [-0.15, -0.1) is 0 Å². The number of nitrogens with zero attached hydrogens (tertiary/aromatic N) is 1. The van der Waals surface area contributed by atoms with Crippen molar-refractivity contribution in [1.29, 1.82) is 0 Å². The Labute approximate surface area is 106 Å². The molecule has 3 aromatic rings. The van der Waals surface area contributed by atoms with E-state index in [0.717, 1.165) is 23.7 Å². The highest BCUT2D eigenvalue weighted by molar-refractivity contribution is 5.88. The van der Waals surface area contributed by atoms with E-state index in [2.05, 4.69) is 46.6 Å². The number of nitrogens with one attached hydrogen (secondary N) is 1. The minimum atomic E-state index is 0.569. The Balaban J connectivity index is 1.79. The molecule has 0 atom stereocenters. The maximum atomic E-state index is 5.75. The summed E-state index contributed by atoms with van der Waals surface area (Å²) in [7, 11) is 0. The third-order valence-electron chi connectivity index (χ3n) is 3.20. The van der Waals surface area contributed by atoms with Crippen LogP contribution in [0.4, 0.5) is 5.82 Å². The van der Waals surface area contributed by atoms with Crippen molar-refractivity contribution in [3.8, 4) is 0 Å². The highest BCUT2D eigenvalue weighted by Gasteiger charge is 2.03. The quantitative estimate of drug-likeness (QED) is 0.736. The lowest BCUT2D eigenvalue weighted by Crippen LogP contribution is -1.91. The van der Waals surface area contributed by atoms with Crippen LogP contribution in [0.5, 0.6) is 0 Å². The lowest BCUT2D eigenvalue weighted by molar-refractivity contribution is 0.961. The average Bonchev–Trinajstić information content (AvgIpc) is 2.79. The van der Waals surface area contributed by atoms with Gasteiger partial charge in [-0.3, -0.25) is 5.10 Å². The van der Waals surface area contributed by atoms with Gasteiger partial charge in [-0.05, 0) is 36.1 Å². The van der Waals surface area contributed by atoms with E-state index in [1.54, 1.807) is 0 Å². The summed E-state index contributed by atoms with van der Waals surface area (Å²) < 4.78 is 0. The van der Waals surface area contributed by atoms with Crippen molar-refractivity contribution < 1.29 is 0 Å². The highest BCUT2D eigenvalue weighted by Crippen LogP contribution is 2.19. The summed E-state index contributed by atoms with van der Waals surface area (Å²) in [5.74, 6) is 0.569. The van der Waals surface area contributed by atoms with E-state index in [9.17, 15) is 0 Å². The van der Waals surface area contributed by atoms with Gasteiger partial charge in [-0.2, -0.15) is 5.10 Å². The topological polar surface area (TPSA) is 54.7 Å². The Morgan fingerprint density at radius 1 is 0.944 bits per heavy atom. The van der Waals surface area contributed by atoms with Crippen molar-refractivity contribution in [2.45, 2.75) is 12.8 Å². The molecular formula is C15H15N3. The molecule has 0 radical (unpaired) electrons. The van der Waals surface area contributed by atoms with Crippen molar-refractivity contribution in [2.24, 2.45) is 0 Å². The first kappa shape index (κ1) is 10.8. The van der Waals surface area contributed by atoms with Gasteiger partial charge < -0.3 is 5.73 Å². The molecule has 3 nitrogen and oxygen atoms in total. The maximum absolute atomic E-state index is 5.75. The minimum Gasteiger partial charge on any atom is -0.382 e. The summed E-state index contributed by atoms with van der Waals surface area (Å²) in [6.07, 6.45) is 2.08. The zero-order chi connectivity index (χ0) is 12.4. The fourth-order valence-electron chi connectivity index (χ4n) is 2.18. The first-order valence-corrected chi connectivity index (χ1v) is 6.09. The van der Waals surface area contributed by atoms with Crippen LogP contribution in [0.25, 0.3) is 10.9 Å². The van der Waals surface area contributed by atoms with E-state index in [1.807, 2.05) is 12.1 Å². The minimum absolute atomic E-state index is 0.569. The van der Waals surface area contributed by atoms with Crippen LogP contribution in [0.3, 0.4) is 0 Å². The predicted octanol–water partition coefficient (Wildman–Crippen LogP) is 2.93. The first-order valence-electron chi connectivity index (χ1n) is 6.09. The van der Waals surface area contributed by atoms with Crippen LogP contribution < -0.4 is 5.73 Å². The molecule has 2 aromatic carbocycles. The van der Waals surface area contributed by atoms with Crippen LogP contribution in [-0.2, 0) is 12.8 Å². The Morgan fingerprint density at radius 3 is 2.56 bits per heavy atom. The molecule has 0 saturated heterocycles. The molecule has 0 bridgehead atoms. The van der Waals surface area contributed by atoms with Gasteiger partial charge in [0.05, 0.1) is 5.52 Å². The van der Waals surface area contributed by atoms with Gasteiger partial charge in [-0.25, -0.2) is 0 Å². The van der Waals surface area contributed by atoms with Gasteiger partial charge in [0.2, 0.25) is 0 Å². The number of anilines is 1. The predicted molar refractivity (Wildman–Crippen MR) is 74.4 cm³/mol. The highest BCUT2D eigenvalue weighted by atomic mass is 15.1. The Kier molecular flexibility index (Phi) is 2.73. The largest absolute Gasteiger partial charge is 0.382 e. The van der Waals surface area contributed by atoms with Crippen LogP contribution in [0.2, 0.25) is 0 Å². The summed E-state index contributed by atoms with van der Waals surface area (Å²) in [6.45, 7) is 0. The van der Waals surface area contributed by atoms with E-state index < -0.39 is 0 Å². The van der Waals surface area contributed by atoms with E-state index >= 15 is 0 Å². The van der Waals surface area contributed by atoms with Gasteiger partial charge in [0, 0.05) is 5.39 Å². The Bertz CT molecular complexity index is 656. The molecule has 3 rings (SSSR count). The number of rotatable bonds is 3. The molecule has 90 valence electrons. The third kappa shape index (κ3) is 2.07. The Morgan fingerprint density at radius 2 is 1.72 bits per heavy atom. The standard InChI is InChI=1S/C15H15N3/c16-15-13-9-8-12(10-14(13)17-18-15)7-6-11-4-2-1-3-5-11/h1-5,8-10H,6-7H2,(H3,16,17,18). The molecule has 1 heterocycles. The molecule has 0 fully saturated rings. The number of H-pyrrole nitrogens is 1. The van der Waals surface area contributed by atoms with E-state index in [0.29, 0.717) is 5.82 Å². The van der Waals surface area contributed by atoms with Crippen molar-refractivity contribution in [1.82, 2.24) is 10.2 Å². The fourth-order valence-corrected chi connectivity index (χ4v) is 2.18. The zero-order valence-corrected chi connectivity index (χ0v) is 10.1. The summed E-state index contributed by atoms with van der Waals surface area (Å²) in [5.41, 5.74) is 9.42. The number of hydrogen-bond donors (Lipinski definition) is 2. The number of fused-ring (bicyclic) bond motifs is 1. The van der Waals surface area contributed by atoms with Crippen LogP contribution in [0.15, 0.2) is 48.5 Å². The summed E-state index contributed by atoms with van der Waals surface area (Å²) >= 11 is 0. The molecule has 0 unspecified atom stereocenters. The molecule has 0 spiro atoms. The normalized spacial score (nSPS) is 10.9. The number of aromatic amines is 1. The van der Waals surface area contributed by atoms with Crippen molar-refractivity contribution in [3.63, 3.8) is 0 Å². The smallest absolute Gasteiger partial charge is 0.153 e. The van der Waals surface area contributed by atoms with Crippen molar-refractivity contribution in [3.05, 3.63) is 59.7 Å². The van der Waals surface area contributed by atoms with Gasteiger partial charge >= 0.3 is 0 Å². The van der Waals surface area contributed by atoms with Crippen LogP contribution in [0, 0.1) is 0 Å².